The van der Waals surface area contributed by atoms with Crippen molar-refractivity contribution in [2.24, 2.45) is 0 Å². The van der Waals surface area contributed by atoms with Crippen LogP contribution in [0.5, 0.6) is 0 Å². The molecule has 0 saturated heterocycles. The molecule has 3 aromatic heterocycles. The lowest BCUT2D eigenvalue weighted by Gasteiger charge is -2.19. The fourth-order valence-electron chi connectivity index (χ4n) is 7.13. The van der Waals surface area contributed by atoms with Crippen molar-refractivity contribution in [3.8, 4) is 10.8 Å². The van der Waals surface area contributed by atoms with Crippen LogP contribution in [0.3, 0.4) is 0 Å². The number of hydrogen-bond donors (Lipinski definition) is 0. The number of thioether (sulfide) groups is 1. The van der Waals surface area contributed by atoms with E-state index in [1.807, 2.05) is 11.8 Å². The molecule has 42 heavy (non-hydrogen) atoms. The SMILES string of the molecule is C1=CC2Sc3ccccc3C2c2nc(-n3c4ccccc4c4cc5c6ccccc6n(-c6ccccc6)c5cc43)sc21. The third kappa shape index (κ3) is 3.04. The molecule has 0 saturated carbocycles. The Labute approximate surface area is 250 Å². The predicted molar refractivity (Wildman–Crippen MR) is 178 cm³/mol. The maximum atomic E-state index is 5.45. The van der Waals surface area contributed by atoms with Gasteiger partial charge in [0.1, 0.15) is 0 Å². The minimum atomic E-state index is 0.302. The van der Waals surface area contributed by atoms with Gasteiger partial charge in [0.25, 0.3) is 0 Å². The number of nitrogens with zero attached hydrogens (tertiary/aromatic N) is 3. The highest BCUT2D eigenvalue weighted by atomic mass is 32.2. The molecule has 1 aliphatic carbocycles. The Hall–Kier alpha value is -4.58. The molecule has 10 rings (SSSR count). The molecule has 5 heteroatoms. The molecule has 0 bridgehead atoms. The number of thiazole rings is 1. The van der Waals surface area contributed by atoms with E-state index in [9.17, 15) is 0 Å². The summed E-state index contributed by atoms with van der Waals surface area (Å²) >= 11 is 3.77. The molecular weight excluding hydrogens is 551 g/mol. The largest absolute Gasteiger partial charge is 0.309 e. The topological polar surface area (TPSA) is 22.8 Å². The second-order valence-electron chi connectivity index (χ2n) is 11.1. The summed E-state index contributed by atoms with van der Waals surface area (Å²) in [5.74, 6) is 0.302. The lowest BCUT2D eigenvalue weighted by molar-refractivity contribution is 0.812. The van der Waals surface area contributed by atoms with Gasteiger partial charge in [-0.2, -0.15) is 0 Å². The fourth-order valence-corrected chi connectivity index (χ4v) is 9.54. The normalized spacial score (nSPS) is 17.3. The molecule has 4 heterocycles. The van der Waals surface area contributed by atoms with Gasteiger partial charge in [0.05, 0.1) is 32.6 Å². The fraction of sp³-hybridized carbons (Fsp3) is 0.0541. The van der Waals surface area contributed by atoms with Crippen molar-refractivity contribution in [1.82, 2.24) is 14.1 Å². The van der Waals surface area contributed by atoms with E-state index in [4.69, 9.17) is 4.98 Å². The number of benzene rings is 5. The Morgan fingerprint density at radius 3 is 2.07 bits per heavy atom. The van der Waals surface area contributed by atoms with Crippen LogP contribution in [0.15, 0.2) is 126 Å². The van der Waals surface area contributed by atoms with E-state index in [1.54, 1.807) is 11.3 Å². The highest BCUT2D eigenvalue weighted by molar-refractivity contribution is 8.00. The van der Waals surface area contributed by atoms with Gasteiger partial charge in [0.2, 0.25) is 0 Å². The van der Waals surface area contributed by atoms with E-state index < -0.39 is 0 Å². The van der Waals surface area contributed by atoms with Gasteiger partial charge in [-0.15, -0.1) is 11.8 Å². The van der Waals surface area contributed by atoms with E-state index >= 15 is 0 Å². The lowest BCUT2D eigenvalue weighted by Crippen LogP contribution is -2.13. The molecule has 3 nitrogen and oxygen atoms in total. The maximum absolute atomic E-state index is 5.45. The van der Waals surface area contributed by atoms with Crippen molar-refractivity contribution in [1.29, 1.82) is 0 Å². The van der Waals surface area contributed by atoms with Gasteiger partial charge >= 0.3 is 0 Å². The third-order valence-corrected chi connectivity index (χ3v) is 11.3. The zero-order valence-corrected chi connectivity index (χ0v) is 24.1. The van der Waals surface area contributed by atoms with E-state index in [-0.39, 0.29) is 0 Å². The molecule has 2 aliphatic rings. The monoisotopic (exact) mass is 573 g/mol. The van der Waals surface area contributed by atoms with Gasteiger partial charge < -0.3 is 4.57 Å². The van der Waals surface area contributed by atoms with Gasteiger partial charge in [-0.1, -0.05) is 90.2 Å². The number of rotatable bonds is 2. The second-order valence-corrected chi connectivity index (χ2v) is 13.4. The Morgan fingerprint density at radius 1 is 0.595 bits per heavy atom. The number of aromatic nitrogens is 3. The van der Waals surface area contributed by atoms with Gasteiger partial charge in [-0.25, -0.2) is 4.98 Å². The molecule has 0 N–H and O–H groups in total. The molecule has 0 spiro atoms. The highest BCUT2D eigenvalue weighted by Gasteiger charge is 2.38. The van der Waals surface area contributed by atoms with Crippen molar-refractivity contribution in [3.05, 3.63) is 137 Å². The van der Waals surface area contributed by atoms with Crippen LogP contribution in [0, 0.1) is 0 Å². The summed E-state index contributed by atoms with van der Waals surface area (Å²) in [7, 11) is 0. The average molecular weight is 574 g/mol. The first-order valence-corrected chi connectivity index (χ1v) is 16.0. The Balaban J connectivity index is 1.28. The van der Waals surface area contributed by atoms with Crippen LogP contribution in [0.2, 0.25) is 0 Å². The maximum Gasteiger partial charge on any atom is 0.195 e. The van der Waals surface area contributed by atoms with Crippen molar-refractivity contribution in [3.63, 3.8) is 0 Å². The molecule has 0 radical (unpaired) electrons. The van der Waals surface area contributed by atoms with Crippen molar-refractivity contribution in [2.75, 3.05) is 0 Å². The zero-order chi connectivity index (χ0) is 27.4. The van der Waals surface area contributed by atoms with E-state index in [0.29, 0.717) is 11.2 Å². The molecule has 1 aliphatic heterocycles. The molecule has 0 fully saturated rings. The lowest BCUT2D eigenvalue weighted by atomic mass is 9.89. The molecular formula is C37H23N3S2. The molecule has 2 unspecified atom stereocenters. The van der Waals surface area contributed by atoms with Crippen LogP contribution in [0.1, 0.15) is 22.1 Å². The average Bonchev–Trinajstić information content (AvgIpc) is 3.79. The minimum Gasteiger partial charge on any atom is -0.309 e. The van der Waals surface area contributed by atoms with Gasteiger partial charge in [-0.05, 0) is 54.1 Å². The second kappa shape index (κ2) is 8.48. The van der Waals surface area contributed by atoms with Crippen LogP contribution in [-0.2, 0) is 0 Å². The number of para-hydroxylation sites is 3. The summed E-state index contributed by atoms with van der Waals surface area (Å²) in [6.45, 7) is 0. The molecule has 0 amide bonds. The Bertz CT molecular complexity index is 2410. The smallest absolute Gasteiger partial charge is 0.195 e. The van der Waals surface area contributed by atoms with Crippen LogP contribution >= 0.6 is 23.1 Å². The molecule has 8 aromatic rings. The summed E-state index contributed by atoms with van der Waals surface area (Å²) in [6.07, 6.45) is 4.68. The van der Waals surface area contributed by atoms with Crippen molar-refractivity contribution < 1.29 is 0 Å². The first-order chi connectivity index (χ1) is 20.8. The van der Waals surface area contributed by atoms with Crippen LogP contribution in [0.25, 0.3) is 60.5 Å². The summed E-state index contributed by atoms with van der Waals surface area (Å²) in [5.41, 5.74) is 8.61. The van der Waals surface area contributed by atoms with Crippen molar-refractivity contribution in [2.45, 2.75) is 16.1 Å². The number of fused-ring (bicyclic) bond motifs is 11. The molecule has 5 aromatic carbocycles. The molecule has 198 valence electrons. The van der Waals surface area contributed by atoms with E-state index in [0.717, 1.165) is 5.13 Å². The minimum absolute atomic E-state index is 0.302. The van der Waals surface area contributed by atoms with Crippen LogP contribution in [0.4, 0.5) is 0 Å². The molecule has 2 atom stereocenters. The van der Waals surface area contributed by atoms with Crippen LogP contribution < -0.4 is 0 Å². The standard InChI is InChI=1S/C37H23N3S2/c1-2-10-22(11-3-1)39-28-15-7-4-12-23(28)26-20-27-24-13-5-8-16-29(24)40(31(27)21-30(26)39)37-38-36-34(42-37)19-18-33-35(36)25-14-6-9-17-32(25)41-33/h1-21,33,35H. The summed E-state index contributed by atoms with van der Waals surface area (Å²) in [6, 6.07) is 41.9. The van der Waals surface area contributed by atoms with Crippen LogP contribution in [-0.4, -0.2) is 19.4 Å². The van der Waals surface area contributed by atoms with Gasteiger partial charge in [0, 0.05) is 43.3 Å². The van der Waals surface area contributed by atoms with E-state index in [1.165, 1.54) is 70.3 Å². The number of hydrogen-bond acceptors (Lipinski definition) is 3. The summed E-state index contributed by atoms with van der Waals surface area (Å²) in [4.78, 5) is 8.10. The first kappa shape index (κ1) is 23.0. The zero-order valence-electron chi connectivity index (χ0n) is 22.4. The van der Waals surface area contributed by atoms with Gasteiger partial charge in [-0.3, -0.25) is 4.57 Å². The van der Waals surface area contributed by atoms with Gasteiger partial charge in [0.15, 0.2) is 5.13 Å². The Kier molecular flexibility index (Phi) is 4.65. The quantitative estimate of drug-likeness (QED) is 0.205. The third-order valence-electron chi connectivity index (χ3n) is 8.92. The first-order valence-electron chi connectivity index (χ1n) is 14.3. The summed E-state index contributed by atoms with van der Waals surface area (Å²) in [5, 5.41) is 6.51. The van der Waals surface area contributed by atoms with Crippen molar-refractivity contribution >= 4 is 72.8 Å². The summed E-state index contributed by atoms with van der Waals surface area (Å²) < 4.78 is 4.80. The predicted octanol–water partition coefficient (Wildman–Crippen LogP) is 9.97. The highest BCUT2D eigenvalue weighted by Crippen LogP contribution is 2.53. The van der Waals surface area contributed by atoms with E-state index in [2.05, 4.69) is 137 Å². The Morgan fingerprint density at radius 2 is 1.26 bits per heavy atom.